The summed E-state index contributed by atoms with van der Waals surface area (Å²) >= 11 is 8.09. The molecule has 0 saturated heterocycles. The number of ether oxygens (including phenoxy) is 2. The maximum Gasteiger partial charge on any atom is 0.411 e. The molecule has 2 aromatic carbocycles. The molecule has 0 saturated carbocycles. The minimum Gasteiger partial charge on any atom is -0.484 e. The standard InChI is InChI=1S/C27H22ClN5O4S/c1-13-6-18(22-20(7-13)31-15(3)9-30-22)26-32-23-19(28)8-21-24(25(23)38-26)36-12-17(37-21)11-33(27(34)35)16-5-4-14(2)29-10-16/h4-10,17H,11-12H2,1-3H3,(H,34,35)/t17-/m1/s1. The van der Waals surface area contributed by atoms with E-state index in [4.69, 9.17) is 26.1 Å². The average molecular weight is 548 g/mol. The van der Waals surface area contributed by atoms with Gasteiger partial charge >= 0.3 is 6.09 Å². The van der Waals surface area contributed by atoms with E-state index < -0.39 is 12.2 Å². The number of halogens is 1. The second kappa shape index (κ2) is 9.38. The van der Waals surface area contributed by atoms with Gasteiger partial charge in [-0.1, -0.05) is 11.6 Å². The number of thiazole rings is 1. The highest BCUT2D eigenvalue weighted by molar-refractivity contribution is 7.22. The summed E-state index contributed by atoms with van der Waals surface area (Å²) in [5.41, 5.74) is 6.21. The van der Waals surface area contributed by atoms with E-state index >= 15 is 0 Å². The Morgan fingerprint density at radius 3 is 2.71 bits per heavy atom. The van der Waals surface area contributed by atoms with Crippen molar-refractivity contribution in [2.45, 2.75) is 26.9 Å². The Balaban J connectivity index is 1.35. The second-order valence-corrected chi connectivity index (χ2v) is 10.6. The zero-order valence-electron chi connectivity index (χ0n) is 20.7. The maximum atomic E-state index is 12.0. The summed E-state index contributed by atoms with van der Waals surface area (Å²) in [5.74, 6) is 0.994. The van der Waals surface area contributed by atoms with Crippen molar-refractivity contribution in [3.05, 3.63) is 64.7 Å². The van der Waals surface area contributed by atoms with Crippen LogP contribution in [-0.2, 0) is 0 Å². The number of aromatic nitrogens is 4. The Hall–Kier alpha value is -4.02. The molecular formula is C27H22ClN5O4S. The first-order valence-corrected chi connectivity index (χ1v) is 13.1. The van der Waals surface area contributed by atoms with Crippen molar-refractivity contribution in [1.29, 1.82) is 0 Å². The molecule has 6 rings (SSSR count). The number of rotatable bonds is 4. The van der Waals surface area contributed by atoms with Crippen molar-refractivity contribution in [2.24, 2.45) is 0 Å². The van der Waals surface area contributed by atoms with Crippen LogP contribution in [0.15, 0.2) is 42.7 Å². The van der Waals surface area contributed by atoms with E-state index in [1.807, 2.05) is 32.9 Å². The highest BCUT2D eigenvalue weighted by Gasteiger charge is 2.30. The quantitative estimate of drug-likeness (QED) is 0.283. The summed E-state index contributed by atoms with van der Waals surface area (Å²) in [4.78, 5) is 31.5. The summed E-state index contributed by atoms with van der Waals surface area (Å²) in [7, 11) is 0. The third-order valence-electron chi connectivity index (χ3n) is 6.21. The summed E-state index contributed by atoms with van der Waals surface area (Å²) in [6.07, 6.45) is 1.63. The van der Waals surface area contributed by atoms with Crippen LogP contribution in [0.5, 0.6) is 11.5 Å². The third kappa shape index (κ3) is 4.35. The lowest BCUT2D eigenvalue weighted by Gasteiger charge is -2.30. The van der Waals surface area contributed by atoms with Gasteiger partial charge in [0.05, 0.1) is 40.2 Å². The number of amides is 1. The van der Waals surface area contributed by atoms with E-state index in [1.165, 1.54) is 22.4 Å². The second-order valence-electron chi connectivity index (χ2n) is 9.18. The molecule has 0 aliphatic carbocycles. The molecule has 9 nitrogen and oxygen atoms in total. The molecule has 0 bridgehead atoms. The Morgan fingerprint density at radius 2 is 1.95 bits per heavy atom. The molecular weight excluding hydrogens is 526 g/mol. The van der Waals surface area contributed by atoms with E-state index in [0.29, 0.717) is 27.7 Å². The van der Waals surface area contributed by atoms with Crippen molar-refractivity contribution >= 4 is 56.0 Å². The van der Waals surface area contributed by atoms with Gasteiger partial charge in [-0.15, -0.1) is 11.3 Å². The number of pyridine rings is 1. The topological polar surface area (TPSA) is 111 Å². The van der Waals surface area contributed by atoms with Crippen LogP contribution in [0.4, 0.5) is 10.5 Å². The fraction of sp³-hybridized carbons (Fsp3) is 0.222. The number of fused-ring (bicyclic) bond motifs is 4. The van der Waals surface area contributed by atoms with E-state index in [-0.39, 0.29) is 13.2 Å². The lowest BCUT2D eigenvalue weighted by atomic mass is 10.1. The van der Waals surface area contributed by atoms with Gasteiger partial charge in [0.25, 0.3) is 0 Å². The van der Waals surface area contributed by atoms with Gasteiger partial charge in [-0.05, 0) is 50.6 Å². The normalized spacial score (nSPS) is 14.7. The molecule has 11 heteroatoms. The smallest absolute Gasteiger partial charge is 0.411 e. The zero-order valence-corrected chi connectivity index (χ0v) is 22.3. The largest absolute Gasteiger partial charge is 0.484 e. The number of aryl methyl sites for hydroxylation is 3. The molecule has 4 heterocycles. The fourth-order valence-corrected chi connectivity index (χ4v) is 5.85. The Morgan fingerprint density at radius 1 is 1.11 bits per heavy atom. The number of hydrogen-bond donors (Lipinski definition) is 1. The first-order valence-electron chi connectivity index (χ1n) is 11.9. The molecule has 0 unspecified atom stereocenters. The monoisotopic (exact) mass is 547 g/mol. The van der Waals surface area contributed by atoms with Crippen molar-refractivity contribution in [3.63, 3.8) is 0 Å². The summed E-state index contributed by atoms with van der Waals surface area (Å²) < 4.78 is 13.1. The number of carbonyl (C=O) groups is 1. The average Bonchev–Trinajstić information content (AvgIpc) is 3.33. The van der Waals surface area contributed by atoms with Crippen molar-refractivity contribution in [1.82, 2.24) is 19.9 Å². The predicted molar refractivity (Wildman–Crippen MR) is 147 cm³/mol. The van der Waals surface area contributed by atoms with Crippen molar-refractivity contribution in [3.8, 4) is 22.1 Å². The lowest BCUT2D eigenvalue weighted by Crippen LogP contribution is -2.43. The van der Waals surface area contributed by atoms with Crippen LogP contribution in [0.25, 0.3) is 31.8 Å². The van der Waals surface area contributed by atoms with Crippen molar-refractivity contribution < 1.29 is 19.4 Å². The van der Waals surface area contributed by atoms with Gasteiger partial charge in [-0.3, -0.25) is 14.9 Å². The lowest BCUT2D eigenvalue weighted by molar-refractivity contribution is 0.0962. The predicted octanol–water partition coefficient (Wildman–Crippen LogP) is 6.20. The van der Waals surface area contributed by atoms with Gasteiger partial charge < -0.3 is 14.6 Å². The van der Waals surface area contributed by atoms with E-state index in [1.54, 1.807) is 24.4 Å². The molecule has 1 aliphatic heterocycles. The first-order chi connectivity index (χ1) is 18.3. The molecule has 3 aromatic heterocycles. The molecule has 0 fully saturated rings. The molecule has 1 amide bonds. The number of anilines is 1. The summed E-state index contributed by atoms with van der Waals surface area (Å²) in [6.45, 7) is 6.00. The number of nitrogens with zero attached hydrogens (tertiary/aromatic N) is 5. The van der Waals surface area contributed by atoms with Crippen LogP contribution in [0.3, 0.4) is 0 Å². The summed E-state index contributed by atoms with van der Waals surface area (Å²) in [5, 5.41) is 11.0. The highest BCUT2D eigenvalue weighted by atomic mass is 35.5. The molecule has 1 atom stereocenters. The van der Waals surface area contributed by atoms with Gasteiger partial charge in [0.1, 0.15) is 21.8 Å². The number of benzene rings is 2. The van der Waals surface area contributed by atoms with Crippen LogP contribution < -0.4 is 14.4 Å². The minimum atomic E-state index is -1.10. The first kappa shape index (κ1) is 24.3. The highest BCUT2D eigenvalue weighted by Crippen LogP contribution is 2.47. The van der Waals surface area contributed by atoms with Gasteiger partial charge in [0.2, 0.25) is 0 Å². The SMILES string of the molecule is Cc1cc(-c2nc3c(Cl)cc4c(c3s2)OC[C@@H](CN(C(=O)O)c2ccc(C)nc2)O4)c2ncc(C)nc2c1. The Bertz CT molecular complexity index is 1720. The van der Waals surface area contributed by atoms with Crippen LogP contribution in [0, 0.1) is 20.8 Å². The van der Waals surface area contributed by atoms with Crippen LogP contribution in [0.1, 0.15) is 17.0 Å². The molecule has 1 N–H and O–H groups in total. The molecule has 0 radical (unpaired) electrons. The minimum absolute atomic E-state index is 0.0660. The Labute approximate surface area is 226 Å². The molecule has 5 aromatic rings. The summed E-state index contributed by atoms with van der Waals surface area (Å²) in [6, 6.07) is 9.20. The van der Waals surface area contributed by atoms with E-state index in [9.17, 15) is 9.90 Å². The fourth-order valence-electron chi connectivity index (χ4n) is 4.45. The third-order valence-corrected chi connectivity index (χ3v) is 7.59. The van der Waals surface area contributed by atoms with Crippen LogP contribution in [-0.4, -0.2) is 50.4 Å². The van der Waals surface area contributed by atoms with Crippen LogP contribution in [0.2, 0.25) is 5.02 Å². The molecule has 0 spiro atoms. The van der Waals surface area contributed by atoms with Gasteiger partial charge in [-0.2, -0.15) is 0 Å². The Kier molecular flexibility index (Phi) is 6.00. The van der Waals surface area contributed by atoms with Gasteiger partial charge in [0.15, 0.2) is 17.6 Å². The van der Waals surface area contributed by atoms with E-state index in [0.717, 1.165) is 43.3 Å². The van der Waals surface area contributed by atoms with Gasteiger partial charge in [0, 0.05) is 23.5 Å². The molecule has 38 heavy (non-hydrogen) atoms. The van der Waals surface area contributed by atoms with E-state index in [2.05, 4.69) is 15.0 Å². The van der Waals surface area contributed by atoms with Crippen LogP contribution >= 0.6 is 22.9 Å². The number of hydrogen-bond acceptors (Lipinski definition) is 8. The zero-order chi connectivity index (χ0) is 26.6. The number of carboxylic acid groups (broad SMARTS) is 1. The molecule has 192 valence electrons. The van der Waals surface area contributed by atoms with Crippen molar-refractivity contribution in [2.75, 3.05) is 18.1 Å². The molecule has 1 aliphatic rings. The van der Waals surface area contributed by atoms with Gasteiger partial charge in [-0.25, -0.2) is 14.8 Å². The maximum absolute atomic E-state index is 12.0.